The fraction of sp³-hybridized carbons (Fsp3) is 1.00. The highest BCUT2D eigenvalue weighted by Crippen LogP contribution is 2.33. The second kappa shape index (κ2) is 7.79. The molecule has 2 aliphatic carbocycles. The lowest BCUT2D eigenvalue weighted by Crippen LogP contribution is -2.50. The van der Waals surface area contributed by atoms with Crippen LogP contribution < -0.4 is 0 Å². The third-order valence-electron chi connectivity index (χ3n) is 5.89. The summed E-state index contributed by atoms with van der Waals surface area (Å²) in [5.41, 5.74) is 0.0922. The van der Waals surface area contributed by atoms with Crippen LogP contribution in [0.15, 0.2) is 0 Å². The van der Waals surface area contributed by atoms with E-state index >= 15 is 0 Å². The summed E-state index contributed by atoms with van der Waals surface area (Å²) in [5, 5.41) is 9.80. The molecule has 118 valence electrons. The Hall–Kier alpha value is -0.0800. The van der Waals surface area contributed by atoms with Crippen molar-refractivity contribution >= 4 is 0 Å². The van der Waals surface area contributed by atoms with Crippen molar-refractivity contribution in [1.82, 2.24) is 4.90 Å². The zero-order chi connectivity index (χ0) is 14.4. The van der Waals surface area contributed by atoms with Gasteiger partial charge in [-0.3, -0.25) is 4.90 Å². The van der Waals surface area contributed by atoms with E-state index in [4.69, 9.17) is 0 Å². The molecule has 0 bridgehead atoms. The highest BCUT2D eigenvalue weighted by Gasteiger charge is 2.34. The van der Waals surface area contributed by atoms with Gasteiger partial charge in [-0.15, -0.1) is 0 Å². The summed E-state index contributed by atoms with van der Waals surface area (Å²) < 4.78 is 0. The van der Waals surface area contributed by atoms with E-state index < -0.39 is 0 Å². The first kappa shape index (κ1) is 16.3. The summed E-state index contributed by atoms with van der Waals surface area (Å²) in [6, 6.07) is 1.59. The molecule has 0 saturated heterocycles. The summed E-state index contributed by atoms with van der Waals surface area (Å²) in [5.74, 6) is 0. The molecule has 2 aliphatic rings. The molecule has 2 rings (SSSR count). The van der Waals surface area contributed by atoms with Crippen molar-refractivity contribution in [2.75, 3.05) is 13.2 Å². The smallest absolute Gasteiger partial charge is 0.0496 e. The van der Waals surface area contributed by atoms with Gasteiger partial charge in [-0.25, -0.2) is 0 Å². The fourth-order valence-electron chi connectivity index (χ4n) is 4.10. The largest absolute Gasteiger partial charge is 0.396 e. The monoisotopic (exact) mass is 281 g/mol. The van der Waals surface area contributed by atoms with E-state index in [1.807, 2.05) is 0 Å². The zero-order valence-corrected chi connectivity index (χ0v) is 13.7. The highest BCUT2D eigenvalue weighted by molar-refractivity contribution is 4.88. The van der Waals surface area contributed by atoms with Gasteiger partial charge in [0.25, 0.3) is 0 Å². The predicted molar refractivity (Wildman–Crippen MR) is 85.9 cm³/mol. The molecule has 1 unspecified atom stereocenters. The number of aliphatic hydroxyl groups is 1. The van der Waals surface area contributed by atoms with E-state index in [0.717, 1.165) is 25.0 Å². The molecule has 2 saturated carbocycles. The Balaban J connectivity index is 2.05. The maximum absolute atomic E-state index is 9.80. The van der Waals surface area contributed by atoms with Gasteiger partial charge < -0.3 is 5.11 Å². The van der Waals surface area contributed by atoms with Crippen LogP contribution in [-0.2, 0) is 0 Å². The second-order valence-corrected chi connectivity index (χ2v) is 7.58. The average Bonchev–Trinajstić information content (AvgIpc) is 2.54. The van der Waals surface area contributed by atoms with E-state index in [-0.39, 0.29) is 5.41 Å². The Kier molecular flexibility index (Phi) is 6.35. The first-order chi connectivity index (χ1) is 9.68. The number of aliphatic hydroxyl groups excluding tert-OH is 1. The average molecular weight is 281 g/mol. The van der Waals surface area contributed by atoms with E-state index in [9.17, 15) is 5.11 Å². The lowest BCUT2D eigenvalue weighted by molar-refractivity contribution is 0.0138. The maximum Gasteiger partial charge on any atom is 0.0496 e. The molecular weight excluding hydrogens is 246 g/mol. The van der Waals surface area contributed by atoms with Gasteiger partial charge in [0.2, 0.25) is 0 Å². The standard InChI is InChI=1S/C18H35NO/c1-3-18(2,15-20)14-19(16-10-6-4-7-11-16)17-12-8-5-9-13-17/h16-17,20H,3-15H2,1-2H3. The second-order valence-electron chi connectivity index (χ2n) is 7.58. The molecule has 0 radical (unpaired) electrons. The third kappa shape index (κ3) is 4.21. The van der Waals surface area contributed by atoms with Crippen LogP contribution in [0.5, 0.6) is 0 Å². The molecule has 0 spiro atoms. The van der Waals surface area contributed by atoms with E-state index in [1.165, 1.54) is 64.2 Å². The van der Waals surface area contributed by atoms with Gasteiger partial charge in [0, 0.05) is 30.7 Å². The Morgan fingerprint density at radius 2 is 1.35 bits per heavy atom. The molecule has 0 amide bonds. The molecular formula is C18H35NO. The van der Waals surface area contributed by atoms with Gasteiger partial charge >= 0.3 is 0 Å². The van der Waals surface area contributed by atoms with E-state index in [0.29, 0.717) is 6.61 Å². The van der Waals surface area contributed by atoms with Crippen molar-refractivity contribution < 1.29 is 5.11 Å². The summed E-state index contributed by atoms with van der Waals surface area (Å²) in [7, 11) is 0. The topological polar surface area (TPSA) is 23.5 Å². The molecule has 20 heavy (non-hydrogen) atoms. The summed E-state index contributed by atoms with van der Waals surface area (Å²) in [6.45, 7) is 5.94. The SMILES string of the molecule is CCC(C)(CO)CN(C1CCCCC1)C1CCCCC1. The number of hydrogen-bond acceptors (Lipinski definition) is 2. The predicted octanol–water partition coefficient (Wildman–Crippen LogP) is 4.36. The van der Waals surface area contributed by atoms with Gasteiger partial charge in [0.05, 0.1) is 0 Å². The third-order valence-corrected chi connectivity index (χ3v) is 5.89. The first-order valence-corrected chi connectivity index (χ1v) is 9.05. The van der Waals surface area contributed by atoms with E-state index in [2.05, 4.69) is 18.7 Å². The van der Waals surface area contributed by atoms with Crippen LogP contribution in [0.2, 0.25) is 0 Å². The molecule has 0 aromatic heterocycles. The van der Waals surface area contributed by atoms with Crippen molar-refractivity contribution in [1.29, 1.82) is 0 Å². The number of hydrogen-bond donors (Lipinski definition) is 1. The Bertz CT molecular complexity index is 245. The minimum atomic E-state index is 0.0922. The molecule has 0 heterocycles. The van der Waals surface area contributed by atoms with E-state index in [1.54, 1.807) is 0 Å². The molecule has 2 heteroatoms. The van der Waals surface area contributed by atoms with Gasteiger partial charge in [0.1, 0.15) is 0 Å². The maximum atomic E-state index is 9.80. The molecule has 0 aromatic rings. The van der Waals surface area contributed by atoms with Gasteiger partial charge in [0.15, 0.2) is 0 Å². The van der Waals surface area contributed by atoms with Crippen LogP contribution in [0.4, 0.5) is 0 Å². The summed E-state index contributed by atoms with van der Waals surface area (Å²) >= 11 is 0. The molecule has 1 atom stereocenters. The van der Waals surface area contributed by atoms with Gasteiger partial charge in [-0.05, 0) is 32.1 Å². The van der Waals surface area contributed by atoms with Crippen LogP contribution in [-0.4, -0.2) is 35.2 Å². The molecule has 0 aliphatic heterocycles. The Morgan fingerprint density at radius 3 is 1.70 bits per heavy atom. The van der Waals surface area contributed by atoms with Crippen LogP contribution in [0.3, 0.4) is 0 Å². The number of rotatable bonds is 6. The normalized spacial score (nSPS) is 25.8. The summed E-state index contributed by atoms with van der Waals surface area (Å²) in [4.78, 5) is 2.83. The quantitative estimate of drug-likeness (QED) is 0.782. The highest BCUT2D eigenvalue weighted by atomic mass is 16.3. The van der Waals surface area contributed by atoms with Crippen LogP contribution in [0.25, 0.3) is 0 Å². The minimum Gasteiger partial charge on any atom is -0.396 e. The van der Waals surface area contributed by atoms with Crippen LogP contribution in [0.1, 0.15) is 84.5 Å². The summed E-state index contributed by atoms with van der Waals surface area (Å²) in [6.07, 6.45) is 15.2. The molecule has 1 N–H and O–H groups in total. The molecule has 0 aromatic carbocycles. The van der Waals surface area contributed by atoms with Crippen molar-refractivity contribution in [3.63, 3.8) is 0 Å². The molecule has 2 fully saturated rings. The molecule has 2 nitrogen and oxygen atoms in total. The van der Waals surface area contributed by atoms with Crippen LogP contribution in [0, 0.1) is 5.41 Å². The van der Waals surface area contributed by atoms with Crippen molar-refractivity contribution in [3.05, 3.63) is 0 Å². The number of nitrogens with zero attached hydrogens (tertiary/aromatic N) is 1. The van der Waals surface area contributed by atoms with Gasteiger partial charge in [-0.2, -0.15) is 0 Å². The van der Waals surface area contributed by atoms with Crippen LogP contribution >= 0.6 is 0 Å². The van der Waals surface area contributed by atoms with Crippen molar-refractivity contribution in [3.8, 4) is 0 Å². The van der Waals surface area contributed by atoms with Crippen molar-refractivity contribution in [2.24, 2.45) is 5.41 Å². The van der Waals surface area contributed by atoms with Gasteiger partial charge in [-0.1, -0.05) is 52.4 Å². The Labute approximate surface area is 125 Å². The lowest BCUT2D eigenvalue weighted by Gasteiger charge is -2.45. The van der Waals surface area contributed by atoms with Crippen molar-refractivity contribution in [2.45, 2.75) is 96.6 Å². The Morgan fingerprint density at radius 1 is 0.900 bits per heavy atom. The lowest BCUT2D eigenvalue weighted by atomic mass is 9.83. The first-order valence-electron chi connectivity index (χ1n) is 9.05. The fourth-order valence-corrected chi connectivity index (χ4v) is 4.10. The minimum absolute atomic E-state index is 0.0922. The zero-order valence-electron chi connectivity index (χ0n) is 13.7.